The van der Waals surface area contributed by atoms with Gasteiger partial charge in [-0.05, 0) is 38.4 Å². The Labute approximate surface area is 194 Å². The van der Waals surface area contributed by atoms with Gasteiger partial charge in [0, 0.05) is 13.1 Å². The molecule has 1 amide bonds. The molecule has 8 nitrogen and oxygen atoms in total. The predicted octanol–water partition coefficient (Wildman–Crippen LogP) is 3.39. The van der Waals surface area contributed by atoms with Crippen molar-refractivity contribution in [3.63, 3.8) is 0 Å². The average molecular weight is 471 g/mol. The van der Waals surface area contributed by atoms with Crippen molar-refractivity contribution in [3.8, 4) is 28.6 Å². The Morgan fingerprint density at radius 1 is 1.03 bits per heavy atom. The number of likely N-dealkylation sites (N-methyl/N-ethyl adjacent to an activating group) is 1. The molecule has 0 aliphatic carbocycles. The first-order valence-corrected chi connectivity index (χ1v) is 9.21. The number of hydrogen-bond donors (Lipinski definition) is 2. The van der Waals surface area contributed by atoms with E-state index in [9.17, 15) is 4.79 Å². The summed E-state index contributed by atoms with van der Waals surface area (Å²) in [5.74, 6) is 1.96. The van der Waals surface area contributed by atoms with Crippen LogP contribution in [0.5, 0.6) is 17.2 Å². The molecular weight excluding hydrogens is 443 g/mol. The largest absolute Gasteiger partial charge is 0.493 e. The smallest absolute Gasteiger partial charge is 0.253 e. The van der Waals surface area contributed by atoms with Crippen molar-refractivity contribution in [2.75, 3.05) is 48.5 Å². The summed E-state index contributed by atoms with van der Waals surface area (Å²) in [6.45, 7) is 1.32. The minimum Gasteiger partial charge on any atom is -0.493 e. The Kier molecular flexibility index (Phi) is 9.90. The second-order valence-corrected chi connectivity index (χ2v) is 6.73. The molecule has 0 atom stereocenters. The molecule has 0 bridgehead atoms. The summed E-state index contributed by atoms with van der Waals surface area (Å²) in [4.78, 5) is 22.6. The summed E-state index contributed by atoms with van der Waals surface area (Å²) in [6.07, 6.45) is 0. The fraction of sp³-hybridized carbons (Fsp3) is 0.333. The summed E-state index contributed by atoms with van der Waals surface area (Å²) < 4.78 is 16.4. The SMILES string of the molecule is COc1ccc(-c2nc3c(C(=O)NCCN(C)C)cccc3[nH]2)c(OC)c1OC.Cl.Cl. The molecule has 0 saturated carbocycles. The lowest BCUT2D eigenvalue weighted by Crippen LogP contribution is -2.31. The summed E-state index contributed by atoms with van der Waals surface area (Å²) in [7, 11) is 8.61. The number of methoxy groups -OCH3 is 3. The van der Waals surface area contributed by atoms with Crippen molar-refractivity contribution in [2.24, 2.45) is 0 Å². The number of H-pyrrole nitrogens is 1. The molecular formula is C21H28Cl2N4O4. The summed E-state index contributed by atoms with van der Waals surface area (Å²) in [6, 6.07) is 9.11. The van der Waals surface area contributed by atoms with E-state index in [4.69, 9.17) is 14.2 Å². The highest BCUT2D eigenvalue weighted by Crippen LogP contribution is 2.43. The molecule has 1 aromatic heterocycles. The van der Waals surface area contributed by atoms with Gasteiger partial charge in [0.25, 0.3) is 5.91 Å². The lowest BCUT2D eigenvalue weighted by atomic mass is 10.1. The van der Waals surface area contributed by atoms with E-state index >= 15 is 0 Å². The van der Waals surface area contributed by atoms with E-state index in [1.54, 1.807) is 33.5 Å². The van der Waals surface area contributed by atoms with Crippen molar-refractivity contribution in [3.05, 3.63) is 35.9 Å². The molecule has 0 fully saturated rings. The van der Waals surface area contributed by atoms with Gasteiger partial charge in [0.1, 0.15) is 11.3 Å². The Morgan fingerprint density at radius 2 is 1.74 bits per heavy atom. The molecule has 1 heterocycles. The van der Waals surface area contributed by atoms with Gasteiger partial charge in [-0.2, -0.15) is 0 Å². The van der Waals surface area contributed by atoms with Crippen LogP contribution in [0.25, 0.3) is 22.4 Å². The number of nitrogens with one attached hydrogen (secondary N) is 2. The number of halogens is 2. The second kappa shape index (κ2) is 11.6. The zero-order chi connectivity index (χ0) is 21.0. The van der Waals surface area contributed by atoms with E-state index in [-0.39, 0.29) is 30.7 Å². The molecule has 3 aromatic rings. The third-order valence-electron chi connectivity index (χ3n) is 4.56. The van der Waals surface area contributed by atoms with Gasteiger partial charge in [0.15, 0.2) is 11.5 Å². The standard InChI is InChI=1S/C21H26N4O4.2ClH/c1-25(2)12-11-22-21(26)13-7-6-8-15-17(13)24-20(23-15)14-9-10-16(27-3)19(29-5)18(14)28-4;;/h6-10H,11-12H2,1-5H3,(H,22,26)(H,23,24);2*1H. The van der Waals surface area contributed by atoms with Gasteiger partial charge in [0.2, 0.25) is 5.75 Å². The molecule has 0 unspecified atom stereocenters. The number of hydrogen-bond acceptors (Lipinski definition) is 6. The van der Waals surface area contributed by atoms with E-state index in [1.165, 1.54) is 0 Å². The van der Waals surface area contributed by atoms with Crippen LogP contribution < -0.4 is 19.5 Å². The highest BCUT2D eigenvalue weighted by Gasteiger charge is 2.20. The zero-order valence-corrected chi connectivity index (χ0v) is 19.8. The number of para-hydroxylation sites is 1. The Hall–Kier alpha value is -2.68. The molecule has 10 heteroatoms. The van der Waals surface area contributed by atoms with Crippen LogP contribution >= 0.6 is 24.8 Å². The molecule has 31 heavy (non-hydrogen) atoms. The highest BCUT2D eigenvalue weighted by atomic mass is 35.5. The number of rotatable bonds is 8. The molecule has 2 aromatic carbocycles. The molecule has 0 spiro atoms. The van der Waals surface area contributed by atoms with E-state index < -0.39 is 0 Å². The average Bonchev–Trinajstić information content (AvgIpc) is 3.16. The number of amides is 1. The number of fused-ring (bicyclic) bond motifs is 1. The van der Waals surface area contributed by atoms with Crippen molar-refractivity contribution in [2.45, 2.75) is 0 Å². The van der Waals surface area contributed by atoms with Crippen LogP contribution in [0.3, 0.4) is 0 Å². The maximum absolute atomic E-state index is 12.6. The first-order chi connectivity index (χ1) is 14.0. The Bertz CT molecular complexity index is 1020. The van der Waals surface area contributed by atoms with Gasteiger partial charge in [-0.1, -0.05) is 6.07 Å². The van der Waals surface area contributed by atoms with Gasteiger partial charge in [-0.3, -0.25) is 4.79 Å². The molecule has 170 valence electrons. The monoisotopic (exact) mass is 470 g/mol. The van der Waals surface area contributed by atoms with Crippen LogP contribution in [0.2, 0.25) is 0 Å². The number of benzene rings is 2. The number of ether oxygens (including phenoxy) is 3. The number of aromatic amines is 1. The minimum absolute atomic E-state index is 0. The van der Waals surface area contributed by atoms with Crippen molar-refractivity contribution in [1.29, 1.82) is 0 Å². The Morgan fingerprint density at radius 3 is 2.35 bits per heavy atom. The van der Waals surface area contributed by atoms with E-state index in [0.717, 1.165) is 12.1 Å². The molecule has 0 aliphatic rings. The number of imidazole rings is 1. The van der Waals surface area contributed by atoms with Crippen LogP contribution in [-0.4, -0.2) is 69.3 Å². The minimum atomic E-state index is -0.158. The number of aromatic nitrogens is 2. The maximum Gasteiger partial charge on any atom is 0.253 e. The molecule has 0 aliphatic heterocycles. The van der Waals surface area contributed by atoms with E-state index in [0.29, 0.717) is 46.3 Å². The zero-order valence-electron chi connectivity index (χ0n) is 18.1. The van der Waals surface area contributed by atoms with Gasteiger partial charge in [0.05, 0.1) is 38.0 Å². The topological polar surface area (TPSA) is 88.7 Å². The highest BCUT2D eigenvalue weighted by molar-refractivity contribution is 6.05. The van der Waals surface area contributed by atoms with Gasteiger partial charge in [-0.25, -0.2) is 4.98 Å². The quantitative estimate of drug-likeness (QED) is 0.524. The molecule has 0 radical (unpaired) electrons. The molecule has 3 rings (SSSR count). The first-order valence-electron chi connectivity index (χ1n) is 9.21. The van der Waals surface area contributed by atoms with Crippen LogP contribution in [0.15, 0.2) is 30.3 Å². The van der Waals surface area contributed by atoms with E-state index in [2.05, 4.69) is 15.3 Å². The van der Waals surface area contributed by atoms with Crippen LogP contribution in [0.4, 0.5) is 0 Å². The normalized spacial score (nSPS) is 10.3. The summed E-state index contributed by atoms with van der Waals surface area (Å²) >= 11 is 0. The lowest BCUT2D eigenvalue weighted by molar-refractivity contribution is 0.0952. The predicted molar refractivity (Wildman–Crippen MR) is 127 cm³/mol. The second-order valence-electron chi connectivity index (χ2n) is 6.73. The van der Waals surface area contributed by atoms with E-state index in [1.807, 2.05) is 37.2 Å². The molecule has 0 saturated heterocycles. The van der Waals surface area contributed by atoms with Crippen LogP contribution in [0, 0.1) is 0 Å². The van der Waals surface area contributed by atoms with Crippen LogP contribution in [-0.2, 0) is 0 Å². The number of nitrogens with zero attached hydrogens (tertiary/aromatic N) is 2. The van der Waals surface area contributed by atoms with Gasteiger partial charge in [-0.15, -0.1) is 24.8 Å². The number of carbonyl (C=O) groups is 1. The fourth-order valence-electron chi connectivity index (χ4n) is 3.12. The summed E-state index contributed by atoms with van der Waals surface area (Å²) in [5.41, 5.74) is 2.59. The van der Waals surface area contributed by atoms with Crippen molar-refractivity contribution in [1.82, 2.24) is 20.2 Å². The maximum atomic E-state index is 12.6. The fourth-order valence-corrected chi connectivity index (χ4v) is 3.12. The third kappa shape index (κ3) is 5.52. The van der Waals surface area contributed by atoms with Crippen molar-refractivity contribution >= 4 is 41.8 Å². The lowest BCUT2D eigenvalue weighted by Gasteiger charge is -2.14. The third-order valence-corrected chi connectivity index (χ3v) is 4.56. The van der Waals surface area contributed by atoms with Gasteiger partial charge >= 0.3 is 0 Å². The molecule has 2 N–H and O–H groups in total. The van der Waals surface area contributed by atoms with Gasteiger partial charge < -0.3 is 29.4 Å². The Balaban J connectivity index is 0.00000240. The van der Waals surface area contributed by atoms with Crippen LogP contribution in [0.1, 0.15) is 10.4 Å². The van der Waals surface area contributed by atoms with Crippen molar-refractivity contribution < 1.29 is 19.0 Å². The summed E-state index contributed by atoms with van der Waals surface area (Å²) in [5, 5.41) is 2.93. The first kappa shape index (κ1) is 26.4. The number of carbonyl (C=O) groups excluding carboxylic acids is 1.